The van der Waals surface area contributed by atoms with Crippen LogP contribution in [-0.4, -0.2) is 25.9 Å². The Bertz CT molecular complexity index is 588. The highest BCUT2D eigenvalue weighted by molar-refractivity contribution is 7.15. The molecule has 0 aromatic carbocycles. The molecule has 2 aromatic heterocycles. The number of carbonyl (C=O) groups is 1. The largest absolute Gasteiger partial charge is 0.295 e. The molecular formula is C12H17N5OS. The molecule has 6 nitrogen and oxygen atoms in total. The standard InChI is InChI=1S/C12H17N5OS/c1-7-6-8(16-17(7)5)9(18)13-11-15-14-10(19-11)12(2,3)4/h6H,1-5H3,(H,13,15,18). The minimum absolute atomic E-state index is 0.0672. The molecule has 0 bridgehead atoms. The zero-order chi connectivity index (χ0) is 14.2. The molecule has 0 fully saturated rings. The van der Waals surface area contributed by atoms with Gasteiger partial charge in [-0.15, -0.1) is 10.2 Å². The fourth-order valence-electron chi connectivity index (χ4n) is 1.41. The lowest BCUT2D eigenvalue weighted by Crippen LogP contribution is -2.12. The maximum absolute atomic E-state index is 12.0. The number of nitrogens with zero attached hydrogens (tertiary/aromatic N) is 4. The summed E-state index contributed by atoms with van der Waals surface area (Å²) in [7, 11) is 1.80. The van der Waals surface area contributed by atoms with E-state index < -0.39 is 0 Å². The number of carbonyl (C=O) groups excluding carboxylic acids is 1. The minimum Gasteiger partial charge on any atom is -0.295 e. The van der Waals surface area contributed by atoms with Crippen molar-refractivity contribution in [1.29, 1.82) is 0 Å². The van der Waals surface area contributed by atoms with Gasteiger partial charge < -0.3 is 0 Å². The Morgan fingerprint density at radius 1 is 1.37 bits per heavy atom. The second-order valence-electron chi connectivity index (χ2n) is 5.41. The Hall–Kier alpha value is -1.76. The number of amides is 1. The molecule has 102 valence electrons. The Morgan fingerprint density at radius 3 is 2.53 bits per heavy atom. The van der Waals surface area contributed by atoms with Crippen molar-refractivity contribution in [3.05, 3.63) is 22.5 Å². The van der Waals surface area contributed by atoms with Gasteiger partial charge in [-0.3, -0.25) is 14.8 Å². The second kappa shape index (κ2) is 4.73. The van der Waals surface area contributed by atoms with Crippen molar-refractivity contribution in [3.63, 3.8) is 0 Å². The molecule has 19 heavy (non-hydrogen) atoms. The zero-order valence-corrected chi connectivity index (χ0v) is 12.5. The van der Waals surface area contributed by atoms with Crippen molar-refractivity contribution < 1.29 is 4.79 Å². The van der Waals surface area contributed by atoms with E-state index in [9.17, 15) is 4.79 Å². The third kappa shape index (κ3) is 2.98. The van der Waals surface area contributed by atoms with Crippen molar-refractivity contribution in [3.8, 4) is 0 Å². The van der Waals surface area contributed by atoms with Crippen LogP contribution < -0.4 is 5.32 Å². The van der Waals surface area contributed by atoms with Gasteiger partial charge in [-0.1, -0.05) is 32.1 Å². The lowest BCUT2D eigenvalue weighted by Gasteiger charge is -2.12. The number of aromatic nitrogens is 4. The van der Waals surface area contributed by atoms with Crippen molar-refractivity contribution in [2.75, 3.05) is 5.32 Å². The van der Waals surface area contributed by atoms with E-state index in [1.807, 2.05) is 6.92 Å². The van der Waals surface area contributed by atoms with E-state index in [4.69, 9.17) is 0 Å². The molecule has 0 saturated carbocycles. The summed E-state index contributed by atoms with van der Waals surface area (Å²) in [6.45, 7) is 8.07. The lowest BCUT2D eigenvalue weighted by molar-refractivity contribution is 0.102. The SMILES string of the molecule is Cc1cc(C(=O)Nc2nnc(C(C)(C)C)s2)nn1C. The monoisotopic (exact) mass is 279 g/mol. The quantitative estimate of drug-likeness (QED) is 0.914. The fourth-order valence-corrected chi connectivity index (χ4v) is 2.21. The van der Waals surface area contributed by atoms with Gasteiger partial charge in [0.15, 0.2) is 5.69 Å². The third-order valence-electron chi connectivity index (χ3n) is 2.63. The summed E-state index contributed by atoms with van der Waals surface area (Å²) in [6.07, 6.45) is 0. The Kier molecular flexibility index (Phi) is 3.40. The number of aryl methyl sites for hydroxylation is 2. The minimum atomic E-state index is -0.264. The predicted octanol–water partition coefficient (Wildman–Crippen LogP) is 2.13. The average molecular weight is 279 g/mol. The molecule has 0 spiro atoms. The molecule has 0 aliphatic rings. The van der Waals surface area contributed by atoms with Gasteiger partial charge in [0.25, 0.3) is 5.91 Å². The summed E-state index contributed by atoms with van der Waals surface area (Å²) in [6, 6.07) is 1.74. The molecule has 2 rings (SSSR count). The van der Waals surface area contributed by atoms with E-state index in [1.54, 1.807) is 17.8 Å². The zero-order valence-electron chi connectivity index (χ0n) is 11.7. The van der Waals surface area contributed by atoms with E-state index in [0.29, 0.717) is 10.8 Å². The fraction of sp³-hybridized carbons (Fsp3) is 0.500. The van der Waals surface area contributed by atoms with E-state index >= 15 is 0 Å². The van der Waals surface area contributed by atoms with Crippen LogP contribution in [0.4, 0.5) is 5.13 Å². The molecule has 1 N–H and O–H groups in total. The van der Waals surface area contributed by atoms with Crippen molar-refractivity contribution >= 4 is 22.4 Å². The predicted molar refractivity (Wildman–Crippen MR) is 74.5 cm³/mol. The van der Waals surface area contributed by atoms with Gasteiger partial charge in [0.1, 0.15) is 5.01 Å². The molecule has 0 aliphatic heterocycles. The van der Waals surface area contributed by atoms with E-state index in [-0.39, 0.29) is 11.3 Å². The van der Waals surface area contributed by atoms with Crippen LogP contribution in [0, 0.1) is 6.92 Å². The highest BCUT2D eigenvalue weighted by atomic mass is 32.1. The number of hydrogen-bond donors (Lipinski definition) is 1. The molecule has 1 amide bonds. The van der Waals surface area contributed by atoms with E-state index in [0.717, 1.165) is 10.7 Å². The summed E-state index contributed by atoms with van der Waals surface area (Å²) < 4.78 is 1.66. The van der Waals surface area contributed by atoms with Crippen LogP contribution in [0.25, 0.3) is 0 Å². The van der Waals surface area contributed by atoms with Crippen LogP contribution in [0.1, 0.15) is 42.0 Å². The average Bonchev–Trinajstić information content (AvgIpc) is 2.86. The van der Waals surface area contributed by atoms with E-state index in [1.165, 1.54) is 11.3 Å². The first-order valence-electron chi connectivity index (χ1n) is 5.93. The number of rotatable bonds is 2. The van der Waals surface area contributed by atoms with Crippen LogP contribution in [0.2, 0.25) is 0 Å². The summed E-state index contributed by atoms with van der Waals surface area (Å²) >= 11 is 1.39. The summed E-state index contributed by atoms with van der Waals surface area (Å²) in [5, 5.41) is 16.3. The van der Waals surface area contributed by atoms with Gasteiger partial charge in [-0.05, 0) is 13.0 Å². The van der Waals surface area contributed by atoms with Crippen molar-refractivity contribution in [1.82, 2.24) is 20.0 Å². The number of nitrogens with one attached hydrogen (secondary N) is 1. The molecule has 7 heteroatoms. The Morgan fingerprint density at radius 2 is 2.05 bits per heavy atom. The summed E-state index contributed by atoms with van der Waals surface area (Å²) in [5.74, 6) is -0.264. The highest BCUT2D eigenvalue weighted by Crippen LogP contribution is 2.27. The lowest BCUT2D eigenvalue weighted by atomic mass is 9.98. The van der Waals surface area contributed by atoms with Crippen LogP contribution in [-0.2, 0) is 12.5 Å². The van der Waals surface area contributed by atoms with Crippen molar-refractivity contribution in [2.45, 2.75) is 33.1 Å². The van der Waals surface area contributed by atoms with Crippen molar-refractivity contribution in [2.24, 2.45) is 7.05 Å². The van der Waals surface area contributed by atoms with Crippen LogP contribution in [0.5, 0.6) is 0 Å². The van der Waals surface area contributed by atoms with Gasteiger partial charge >= 0.3 is 0 Å². The first-order valence-corrected chi connectivity index (χ1v) is 6.75. The van der Waals surface area contributed by atoms with Crippen LogP contribution >= 0.6 is 11.3 Å². The second-order valence-corrected chi connectivity index (χ2v) is 6.39. The molecular weight excluding hydrogens is 262 g/mol. The topological polar surface area (TPSA) is 72.7 Å². The smallest absolute Gasteiger partial charge is 0.277 e. The molecule has 2 aromatic rings. The van der Waals surface area contributed by atoms with Gasteiger partial charge in [0.05, 0.1) is 0 Å². The maximum atomic E-state index is 12.0. The maximum Gasteiger partial charge on any atom is 0.277 e. The molecule has 0 radical (unpaired) electrons. The molecule has 0 saturated heterocycles. The summed E-state index contributed by atoms with van der Waals surface area (Å²) in [5.41, 5.74) is 1.24. The summed E-state index contributed by atoms with van der Waals surface area (Å²) in [4.78, 5) is 12.0. The van der Waals surface area contributed by atoms with Crippen LogP contribution in [0.15, 0.2) is 6.07 Å². The Labute approximate surface area is 115 Å². The number of anilines is 1. The first-order chi connectivity index (χ1) is 8.77. The van der Waals surface area contributed by atoms with E-state index in [2.05, 4.69) is 41.4 Å². The first kappa shape index (κ1) is 13.7. The van der Waals surface area contributed by atoms with Gasteiger partial charge in [0, 0.05) is 18.2 Å². The normalized spacial score (nSPS) is 11.6. The molecule has 0 unspecified atom stereocenters. The number of hydrogen-bond acceptors (Lipinski definition) is 5. The van der Waals surface area contributed by atoms with Crippen LogP contribution in [0.3, 0.4) is 0 Å². The van der Waals surface area contributed by atoms with Gasteiger partial charge in [-0.25, -0.2) is 0 Å². The highest BCUT2D eigenvalue weighted by Gasteiger charge is 2.20. The molecule has 0 aliphatic carbocycles. The molecule has 2 heterocycles. The Balaban J connectivity index is 2.13. The van der Waals surface area contributed by atoms with Gasteiger partial charge in [0.2, 0.25) is 5.13 Å². The van der Waals surface area contributed by atoms with Gasteiger partial charge in [-0.2, -0.15) is 5.10 Å². The molecule has 0 atom stereocenters. The third-order valence-corrected chi connectivity index (χ3v) is 3.90.